The van der Waals surface area contributed by atoms with E-state index in [4.69, 9.17) is 57.1 Å². The number of likely N-dealkylation sites (N-methyl/N-ethyl adjacent to an activating group) is 1. The first-order chi connectivity index (χ1) is 39.3. The molecule has 2 N–H and O–H groups in total. The van der Waals surface area contributed by atoms with Gasteiger partial charge in [0.1, 0.15) is 0 Å². The van der Waals surface area contributed by atoms with Crippen molar-refractivity contribution in [3.8, 4) is 11.3 Å². The van der Waals surface area contributed by atoms with Gasteiger partial charge in [-0.3, -0.25) is 19.4 Å². The molecule has 0 saturated heterocycles. The number of nitrogens with one attached hydrogen (secondary N) is 2. The van der Waals surface area contributed by atoms with Crippen LogP contribution in [0.3, 0.4) is 0 Å². The number of methoxy groups -OCH3 is 1. The molecule has 1 heterocycles. The lowest BCUT2D eigenvalue weighted by molar-refractivity contribution is -0.132. The zero-order chi connectivity index (χ0) is 56.7. The van der Waals surface area contributed by atoms with E-state index in [1.807, 2.05) is 54.6 Å². The molecule has 0 aliphatic heterocycles. The summed E-state index contributed by atoms with van der Waals surface area (Å²) in [6.45, 7) is 16.2. The predicted molar refractivity (Wildman–Crippen MR) is 308 cm³/mol. The predicted octanol–water partition coefficient (Wildman–Crippen LogP) is 7.25. The Morgan fingerprint density at radius 2 is 1.15 bits per heavy atom. The molecule has 0 spiro atoms. The lowest BCUT2D eigenvalue weighted by Gasteiger charge is -2.26. The van der Waals surface area contributed by atoms with Crippen molar-refractivity contribution in [3.63, 3.8) is 0 Å². The van der Waals surface area contributed by atoms with Gasteiger partial charge < -0.3 is 72.5 Å². The number of carbonyl (C=O) groups excluding carboxylic acids is 3. The highest BCUT2D eigenvalue weighted by Crippen LogP contribution is 2.33. The van der Waals surface area contributed by atoms with E-state index >= 15 is 0 Å². The molecular weight excluding hydrogens is 1030 g/mol. The Labute approximate surface area is 474 Å². The van der Waals surface area contributed by atoms with Crippen LogP contribution in [0.1, 0.15) is 83.0 Å². The number of hydrogen-bond donors (Lipinski definition) is 2. The molecule has 1 atom stereocenters. The zero-order valence-corrected chi connectivity index (χ0v) is 47.9. The van der Waals surface area contributed by atoms with Crippen LogP contribution in [0.5, 0.6) is 0 Å². The number of amides is 3. The number of hydrogen-bond acceptors (Lipinski definition) is 16. The summed E-state index contributed by atoms with van der Waals surface area (Å²) in [6, 6.07) is 25.4. The van der Waals surface area contributed by atoms with Gasteiger partial charge in [-0.2, -0.15) is 0 Å². The third-order valence-electron chi connectivity index (χ3n) is 13.2. The highest BCUT2D eigenvalue weighted by molar-refractivity contribution is 6.06. The molecule has 1 aliphatic rings. The molecule has 0 saturated carbocycles. The Kier molecular flexibility index (Phi) is 33.3. The van der Waals surface area contributed by atoms with E-state index in [9.17, 15) is 14.4 Å². The SMILES string of the molecule is CCN(CC)c1ccc(NC(=O)c2cccc(CCCOCCOCCOCCOCCC(=O)N(C)CCOCCOCCOCCOCCOCCOCCOC)c2)c(-c2cc(C(=O)NC3CCCc4ccccc43)ccn2)c1. The summed E-state index contributed by atoms with van der Waals surface area (Å²) < 4.78 is 60.4. The van der Waals surface area contributed by atoms with Gasteiger partial charge in [0.25, 0.3) is 11.8 Å². The Bertz CT molecular complexity index is 2340. The summed E-state index contributed by atoms with van der Waals surface area (Å²) in [7, 11) is 3.39. The van der Waals surface area contributed by atoms with Crippen LogP contribution in [0, 0.1) is 0 Å². The number of benzene rings is 3. The van der Waals surface area contributed by atoms with Crippen LogP contribution in [0.2, 0.25) is 0 Å². The second-order valence-corrected chi connectivity index (χ2v) is 18.9. The van der Waals surface area contributed by atoms with Gasteiger partial charge in [0.2, 0.25) is 5.91 Å². The lowest BCUT2D eigenvalue weighted by atomic mass is 9.87. The second kappa shape index (κ2) is 40.7. The third kappa shape index (κ3) is 25.6. The number of ether oxygens (including phenoxy) is 11. The number of fused-ring (bicyclic) bond motifs is 1. The summed E-state index contributed by atoms with van der Waals surface area (Å²) in [5, 5.41) is 6.42. The average molecular weight is 1120 g/mol. The summed E-state index contributed by atoms with van der Waals surface area (Å²) in [6.07, 6.45) is 6.38. The number of rotatable bonds is 45. The Morgan fingerprint density at radius 1 is 0.588 bits per heavy atom. The molecule has 5 rings (SSSR count). The van der Waals surface area contributed by atoms with E-state index in [0.717, 1.165) is 62.0 Å². The molecule has 0 radical (unpaired) electrons. The maximum atomic E-state index is 13.8. The maximum absolute atomic E-state index is 13.8. The summed E-state index contributed by atoms with van der Waals surface area (Å²) in [4.78, 5) is 48.6. The van der Waals surface area contributed by atoms with Crippen LogP contribution in [-0.2, 0) is 69.7 Å². The summed E-state index contributed by atoms with van der Waals surface area (Å²) >= 11 is 0. The van der Waals surface area contributed by atoms with Gasteiger partial charge in [-0.1, -0.05) is 36.4 Å². The second-order valence-electron chi connectivity index (χ2n) is 18.9. The molecule has 80 heavy (non-hydrogen) atoms. The van der Waals surface area contributed by atoms with E-state index in [-0.39, 0.29) is 30.2 Å². The molecule has 0 fully saturated rings. The van der Waals surface area contributed by atoms with Crippen molar-refractivity contribution in [3.05, 3.63) is 113 Å². The minimum Gasteiger partial charge on any atom is -0.382 e. The van der Waals surface area contributed by atoms with Gasteiger partial charge >= 0.3 is 0 Å². The third-order valence-corrected chi connectivity index (χ3v) is 13.2. The van der Waals surface area contributed by atoms with Gasteiger partial charge in [-0.05, 0) is 105 Å². The Morgan fingerprint density at radius 3 is 1.76 bits per heavy atom. The van der Waals surface area contributed by atoms with Crippen LogP contribution in [0.4, 0.5) is 11.4 Å². The minimum atomic E-state index is -0.237. The maximum Gasteiger partial charge on any atom is 0.255 e. The van der Waals surface area contributed by atoms with Crippen LogP contribution in [0.25, 0.3) is 11.3 Å². The van der Waals surface area contributed by atoms with Crippen molar-refractivity contribution >= 4 is 29.1 Å². The van der Waals surface area contributed by atoms with Crippen molar-refractivity contribution in [2.75, 3.05) is 183 Å². The molecule has 442 valence electrons. The molecule has 0 bridgehead atoms. The number of nitrogens with zero attached hydrogens (tertiary/aromatic N) is 3. The molecule has 1 aromatic heterocycles. The van der Waals surface area contributed by atoms with E-state index in [0.29, 0.717) is 168 Å². The number of anilines is 2. The monoisotopic (exact) mass is 1120 g/mol. The normalized spacial score (nSPS) is 13.0. The van der Waals surface area contributed by atoms with Gasteiger partial charge in [-0.15, -0.1) is 0 Å². The Hall–Kier alpha value is -5.42. The van der Waals surface area contributed by atoms with E-state index in [1.54, 1.807) is 31.3 Å². The largest absolute Gasteiger partial charge is 0.382 e. The van der Waals surface area contributed by atoms with Gasteiger partial charge in [0, 0.05) is 69.0 Å². The first-order valence-electron chi connectivity index (χ1n) is 28.5. The zero-order valence-electron chi connectivity index (χ0n) is 47.9. The molecular formula is C61H89N5O14. The number of aryl methyl sites for hydroxylation is 2. The van der Waals surface area contributed by atoms with Crippen molar-refractivity contribution < 1.29 is 66.5 Å². The fraction of sp³-hybridized carbons (Fsp3) is 0.574. The van der Waals surface area contributed by atoms with Crippen molar-refractivity contribution in [2.24, 2.45) is 0 Å². The first-order valence-corrected chi connectivity index (χ1v) is 28.5. The van der Waals surface area contributed by atoms with Crippen LogP contribution < -0.4 is 15.5 Å². The summed E-state index contributed by atoms with van der Waals surface area (Å²) in [5.41, 5.74) is 7.47. The molecule has 3 aromatic carbocycles. The van der Waals surface area contributed by atoms with E-state index in [1.165, 1.54) is 11.1 Å². The first kappa shape index (κ1) is 65.4. The standard InChI is InChI=1S/C61H89N5O14/c1-5-66(6-2)53-19-20-57(55(48-53)58-47-52(21-23-62-58)61(69)63-56-18-10-15-50-14-7-8-17-54(50)56)64-60(68)51-16-9-12-49(46-51)13-11-25-71-30-33-75-38-39-76-34-31-72-26-22-59(67)65(3)24-27-73-32-35-77-40-41-79-44-45-80-43-42-78-37-36-74-29-28-70-4/h7-9,12,14,16-17,19-21,23,46-48,56H,5-6,10-11,13,15,18,22,24-45H2,1-4H3,(H,63,69)(H,64,68). The fourth-order valence-electron chi connectivity index (χ4n) is 8.73. The molecule has 1 unspecified atom stereocenters. The van der Waals surface area contributed by atoms with Crippen molar-refractivity contribution in [1.29, 1.82) is 0 Å². The highest BCUT2D eigenvalue weighted by atomic mass is 16.6. The highest BCUT2D eigenvalue weighted by Gasteiger charge is 2.23. The van der Waals surface area contributed by atoms with E-state index in [2.05, 4.69) is 47.6 Å². The quantitative estimate of drug-likeness (QED) is 0.0420. The fourth-order valence-corrected chi connectivity index (χ4v) is 8.73. The number of carbonyl (C=O) groups is 3. The average Bonchev–Trinajstić information content (AvgIpc) is 3.48. The van der Waals surface area contributed by atoms with Crippen LogP contribution in [0.15, 0.2) is 85.1 Å². The van der Waals surface area contributed by atoms with Crippen LogP contribution in [-0.4, -0.2) is 200 Å². The Balaban J connectivity index is 0.858. The topological polar surface area (TPSA) is 196 Å². The van der Waals surface area contributed by atoms with Crippen LogP contribution >= 0.6 is 0 Å². The van der Waals surface area contributed by atoms with Gasteiger partial charge in [-0.25, -0.2) is 0 Å². The molecule has 1 aliphatic carbocycles. The van der Waals surface area contributed by atoms with E-state index < -0.39 is 0 Å². The molecule has 19 nitrogen and oxygen atoms in total. The number of aromatic nitrogens is 1. The van der Waals surface area contributed by atoms with Crippen molar-refractivity contribution in [1.82, 2.24) is 15.2 Å². The smallest absolute Gasteiger partial charge is 0.255 e. The van der Waals surface area contributed by atoms with Crippen molar-refractivity contribution in [2.45, 2.75) is 58.4 Å². The molecule has 4 aromatic rings. The minimum absolute atomic E-state index is 0.0152. The lowest BCUT2D eigenvalue weighted by Crippen LogP contribution is -2.31. The summed E-state index contributed by atoms with van der Waals surface area (Å²) in [5.74, 6) is -0.408. The molecule has 3 amide bonds. The number of pyridine rings is 1. The van der Waals surface area contributed by atoms with Gasteiger partial charge in [0.05, 0.1) is 156 Å². The molecule has 19 heteroatoms. The van der Waals surface area contributed by atoms with Gasteiger partial charge in [0.15, 0.2) is 0 Å².